The van der Waals surface area contributed by atoms with E-state index in [2.05, 4.69) is 64.1 Å². The Morgan fingerprint density at radius 3 is 1.75 bits per heavy atom. The molecule has 28 heavy (non-hydrogen) atoms. The van der Waals surface area contributed by atoms with Crippen LogP contribution in [0.3, 0.4) is 0 Å². The minimum atomic E-state index is 0.756. The Hall–Kier alpha value is -1.56. The number of hydrogen-bond donors (Lipinski definition) is 0. The average molecular weight is 375 g/mol. The zero-order valence-corrected chi connectivity index (χ0v) is 18.4. The van der Waals surface area contributed by atoms with Gasteiger partial charge in [0.05, 0.1) is 0 Å². The quantitative estimate of drug-likeness (QED) is 0.504. The third-order valence-electron chi connectivity index (χ3n) is 7.71. The van der Waals surface area contributed by atoms with E-state index in [1.165, 1.54) is 73.6 Å². The number of hydrogen-bond acceptors (Lipinski definition) is 0. The molecule has 0 aliphatic heterocycles. The molecule has 2 aromatic rings. The fourth-order valence-corrected chi connectivity index (χ4v) is 5.70. The maximum Gasteiger partial charge on any atom is -0.0149 e. The van der Waals surface area contributed by atoms with Crippen LogP contribution in [0, 0.1) is 25.7 Å². The van der Waals surface area contributed by atoms with Crippen molar-refractivity contribution in [1.29, 1.82) is 0 Å². The van der Waals surface area contributed by atoms with Crippen LogP contribution in [-0.4, -0.2) is 0 Å². The van der Waals surface area contributed by atoms with Crippen LogP contribution >= 0.6 is 0 Å². The molecular weight excluding hydrogens is 336 g/mol. The van der Waals surface area contributed by atoms with Gasteiger partial charge in [-0.2, -0.15) is 0 Å². The van der Waals surface area contributed by atoms with Gasteiger partial charge in [0.1, 0.15) is 0 Å². The van der Waals surface area contributed by atoms with E-state index in [1.54, 1.807) is 11.1 Å². The van der Waals surface area contributed by atoms with Crippen molar-refractivity contribution in [3.8, 4) is 11.1 Å². The molecule has 0 N–H and O–H groups in total. The van der Waals surface area contributed by atoms with Crippen LogP contribution in [0.2, 0.25) is 0 Å². The monoisotopic (exact) mass is 374 g/mol. The molecule has 4 rings (SSSR count). The SMILES string of the molecule is Cc1ccc(C2CCC(C)CC2)cc1-c1cc(C2CCCC(C)C2)ccc1C. The van der Waals surface area contributed by atoms with Crippen molar-refractivity contribution in [3.63, 3.8) is 0 Å². The standard InChI is InChI=1S/C28H38/c1-19-8-12-23(13-9-19)25-14-10-21(3)27(17-25)28-18-26(15-11-22(28)4)24-7-5-6-20(2)16-24/h10-11,14-15,17-20,23-24H,5-9,12-13,16H2,1-4H3. The maximum absolute atomic E-state index is 2.53. The van der Waals surface area contributed by atoms with Crippen LogP contribution in [0.5, 0.6) is 0 Å². The molecule has 0 heterocycles. The zero-order valence-electron chi connectivity index (χ0n) is 18.4. The second-order valence-electron chi connectivity index (χ2n) is 10.1. The zero-order chi connectivity index (χ0) is 19.7. The Morgan fingerprint density at radius 2 is 1.18 bits per heavy atom. The molecule has 0 spiro atoms. The summed E-state index contributed by atoms with van der Waals surface area (Å²) < 4.78 is 0. The fraction of sp³-hybridized carbons (Fsp3) is 0.571. The molecule has 0 radical (unpaired) electrons. The van der Waals surface area contributed by atoms with Crippen LogP contribution < -0.4 is 0 Å². The number of benzene rings is 2. The Labute approximate surface area is 172 Å². The maximum atomic E-state index is 2.53. The summed E-state index contributed by atoms with van der Waals surface area (Å²) in [6.45, 7) is 9.42. The van der Waals surface area contributed by atoms with Crippen molar-refractivity contribution in [3.05, 3.63) is 58.7 Å². The van der Waals surface area contributed by atoms with Crippen LogP contribution in [0.15, 0.2) is 36.4 Å². The fourth-order valence-electron chi connectivity index (χ4n) is 5.70. The van der Waals surface area contributed by atoms with Crippen LogP contribution in [-0.2, 0) is 0 Å². The Kier molecular flexibility index (Phi) is 5.95. The van der Waals surface area contributed by atoms with Crippen molar-refractivity contribution in [1.82, 2.24) is 0 Å². The van der Waals surface area contributed by atoms with E-state index >= 15 is 0 Å². The topological polar surface area (TPSA) is 0 Å². The summed E-state index contributed by atoms with van der Waals surface area (Å²) in [4.78, 5) is 0. The van der Waals surface area contributed by atoms with Gasteiger partial charge in [0.15, 0.2) is 0 Å². The lowest BCUT2D eigenvalue weighted by atomic mass is 9.77. The third-order valence-corrected chi connectivity index (χ3v) is 7.71. The summed E-state index contributed by atoms with van der Waals surface area (Å²) >= 11 is 0. The molecule has 0 bridgehead atoms. The first-order valence-electron chi connectivity index (χ1n) is 11.7. The molecule has 0 saturated heterocycles. The Bertz CT molecular complexity index is 807. The summed E-state index contributed by atoms with van der Waals surface area (Å²) in [6, 6.07) is 14.6. The van der Waals surface area contributed by atoms with E-state index < -0.39 is 0 Å². The van der Waals surface area contributed by atoms with Gasteiger partial charge < -0.3 is 0 Å². The molecule has 2 aromatic carbocycles. The summed E-state index contributed by atoms with van der Waals surface area (Å²) in [5.74, 6) is 3.31. The second kappa shape index (κ2) is 8.44. The molecule has 0 heteroatoms. The predicted molar refractivity (Wildman–Crippen MR) is 122 cm³/mol. The van der Waals surface area contributed by atoms with Crippen LogP contribution in [0.4, 0.5) is 0 Å². The van der Waals surface area contributed by atoms with E-state index in [4.69, 9.17) is 0 Å². The van der Waals surface area contributed by atoms with Gasteiger partial charge in [-0.25, -0.2) is 0 Å². The lowest BCUT2D eigenvalue weighted by Crippen LogP contribution is -2.12. The summed E-state index contributed by atoms with van der Waals surface area (Å²) in [7, 11) is 0. The molecule has 150 valence electrons. The van der Waals surface area contributed by atoms with Gasteiger partial charge in [0, 0.05) is 0 Å². The number of rotatable bonds is 3. The molecule has 2 fully saturated rings. The van der Waals surface area contributed by atoms with Gasteiger partial charge in [-0.1, -0.05) is 75.9 Å². The van der Waals surface area contributed by atoms with Crippen molar-refractivity contribution < 1.29 is 0 Å². The molecule has 0 aromatic heterocycles. The highest BCUT2D eigenvalue weighted by molar-refractivity contribution is 5.72. The van der Waals surface area contributed by atoms with Crippen molar-refractivity contribution in [2.24, 2.45) is 11.8 Å². The minimum absolute atomic E-state index is 0.756. The summed E-state index contributed by atoms with van der Waals surface area (Å²) in [5, 5.41) is 0. The van der Waals surface area contributed by atoms with Crippen LogP contribution in [0.1, 0.15) is 99.3 Å². The normalized spacial score (nSPS) is 28.3. The average Bonchev–Trinajstić information content (AvgIpc) is 2.70. The van der Waals surface area contributed by atoms with E-state index in [9.17, 15) is 0 Å². The molecule has 0 nitrogen and oxygen atoms in total. The highest BCUT2D eigenvalue weighted by Gasteiger charge is 2.23. The highest BCUT2D eigenvalue weighted by atomic mass is 14.3. The first-order valence-corrected chi connectivity index (χ1v) is 11.7. The second-order valence-corrected chi connectivity index (χ2v) is 10.1. The summed E-state index contributed by atoms with van der Waals surface area (Å²) in [5.41, 5.74) is 8.93. The van der Waals surface area contributed by atoms with Gasteiger partial charge >= 0.3 is 0 Å². The van der Waals surface area contributed by atoms with E-state index in [0.29, 0.717) is 0 Å². The minimum Gasteiger partial charge on any atom is -0.0625 e. The Balaban J connectivity index is 1.66. The smallest absolute Gasteiger partial charge is 0.0149 e. The molecular formula is C28H38. The van der Waals surface area contributed by atoms with Crippen molar-refractivity contribution in [2.45, 2.75) is 90.9 Å². The Morgan fingerprint density at radius 1 is 0.607 bits per heavy atom. The number of aryl methyl sites for hydroxylation is 2. The van der Waals surface area contributed by atoms with Gasteiger partial charge in [0.2, 0.25) is 0 Å². The molecule has 2 atom stereocenters. The van der Waals surface area contributed by atoms with Gasteiger partial charge in [0.25, 0.3) is 0 Å². The molecule has 2 aliphatic carbocycles. The molecule has 2 saturated carbocycles. The van der Waals surface area contributed by atoms with Crippen molar-refractivity contribution >= 4 is 0 Å². The van der Waals surface area contributed by atoms with Gasteiger partial charge in [-0.3, -0.25) is 0 Å². The lowest BCUT2D eigenvalue weighted by Gasteiger charge is -2.28. The largest absolute Gasteiger partial charge is 0.0625 e. The lowest BCUT2D eigenvalue weighted by molar-refractivity contribution is 0.344. The highest BCUT2D eigenvalue weighted by Crippen LogP contribution is 2.40. The summed E-state index contributed by atoms with van der Waals surface area (Å²) in [6.07, 6.45) is 11.0. The van der Waals surface area contributed by atoms with Crippen molar-refractivity contribution in [2.75, 3.05) is 0 Å². The molecule has 2 unspecified atom stereocenters. The third kappa shape index (κ3) is 4.22. The molecule has 0 amide bonds. The van der Waals surface area contributed by atoms with E-state index in [0.717, 1.165) is 23.7 Å². The van der Waals surface area contributed by atoms with Crippen LogP contribution in [0.25, 0.3) is 11.1 Å². The predicted octanol–water partition coefficient (Wildman–Crippen LogP) is 8.56. The molecule has 2 aliphatic rings. The first kappa shape index (κ1) is 19.7. The first-order chi connectivity index (χ1) is 13.5. The van der Waals surface area contributed by atoms with Gasteiger partial charge in [-0.05, 0) is 96.6 Å². The van der Waals surface area contributed by atoms with E-state index in [-0.39, 0.29) is 0 Å². The van der Waals surface area contributed by atoms with E-state index in [1.807, 2.05) is 0 Å². The van der Waals surface area contributed by atoms with Gasteiger partial charge in [-0.15, -0.1) is 0 Å².